The normalized spacial score (nSPS) is 31.4. The summed E-state index contributed by atoms with van der Waals surface area (Å²) in [6.07, 6.45) is 5.47. The summed E-state index contributed by atoms with van der Waals surface area (Å²) >= 11 is 0. The molecule has 0 bridgehead atoms. The van der Waals surface area contributed by atoms with Crippen LogP contribution in [-0.4, -0.2) is 26.8 Å². The molecule has 4 atom stereocenters. The Balaban J connectivity index is 2.47. The number of ether oxygens (including phenoxy) is 1. The van der Waals surface area contributed by atoms with Gasteiger partial charge in [0.05, 0.1) is 0 Å². The molecule has 102 valence electrons. The first-order valence-electron chi connectivity index (χ1n) is 7.38. The average molecular weight is 241 g/mol. The minimum absolute atomic E-state index is 0.807. The maximum Gasteiger partial charge on any atom is 0.0464 e. The second-order valence-electron chi connectivity index (χ2n) is 5.91. The maximum atomic E-state index is 5.23. The number of nitrogens with one attached hydrogen (secondary N) is 1. The lowest BCUT2D eigenvalue weighted by atomic mass is 9.69. The minimum atomic E-state index is 0.807. The lowest BCUT2D eigenvalue weighted by Gasteiger charge is -2.38. The third-order valence-corrected chi connectivity index (χ3v) is 4.48. The molecular weight excluding hydrogens is 210 g/mol. The van der Waals surface area contributed by atoms with Gasteiger partial charge in [-0.15, -0.1) is 0 Å². The van der Waals surface area contributed by atoms with Crippen LogP contribution in [0.15, 0.2) is 0 Å². The van der Waals surface area contributed by atoms with Crippen molar-refractivity contribution in [3.8, 4) is 0 Å². The van der Waals surface area contributed by atoms with Gasteiger partial charge in [0.1, 0.15) is 0 Å². The standard InChI is InChI=1S/C15H31NO/c1-5-16-11-14-7-6-12(2)10-15(14)13(3)8-9-17-4/h12-16H,5-11H2,1-4H3. The molecule has 1 aliphatic carbocycles. The van der Waals surface area contributed by atoms with E-state index in [2.05, 4.69) is 26.1 Å². The molecule has 2 heteroatoms. The van der Waals surface area contributed by atoms with Crippen LogP contribution in [-0.2, 0) is 4.74 Å². The predicted octanol–water partition coefficient (Wildman–Crippen LogP) is 3.32. The quantitative estimate of drug-likeness (QED) is 0.738. The number of hydrogen-bond donors (Lipinski definition) is 1. The Morgan fingerprint density at radius 1 is 1.35 bits per heavy atom. The monoisotopic (exact) mass is 241 g/mol. The molecular formula is C15H31NO. The summed E-state index contributed by atoms with van der Waals surface area (Å²) in [6.45, 7) is 10.3. The van der Waals surface area contributed by atoms with E-state index in [1.165, 1.54) is 32.2 Å². The van der Waals surface area contributed by atoms with E-state index < -0.39 is 0 Å². The molecule has 1 N–H and O–H groups in total. The van der Waals surface area contributed by atoms with Crippen LogP contribution in [0.25, 0.3) is 0 Å². The Hall–Kier alpha value is -0.0800. The fourth-order valence-electron chi connectivity index (χ4n) is 3.29. The van der Waals surface area contributed by atoms with Gasteiger partial charge in [0.25, 0.3) is 0 Å². The summed E-state index contributed by atoms with van der Waals surface area (Å²) in [5.74, 6) is 3.51. The van der Waals surface area contributed by atoms with Gasteiger partial charge in [-0.1, -0.05) is 27.2 Å². The van der Waals surface area contributed by atoms with Gasteiger partial charge in [0, 0.05) is 13.7 Å². The van der Waals surface area contributed by atoms with Crippen molar-refractivity contribution in [2.24, 2.45) is 23.7 Å². The second kappa shape index (κ2) is 8.10. The summed E-state index contributed by atoms with van der Waals surface area (Å²) in [7, 11) is 1.81. The molecule has 0 aromatic heterocycles. The Morgan fingerprint density at radius 2 is 2.12 bits per heavy atom. The molecule has 0 aromatic carbocycles. The van der Waals surface area contributed by atoms with Gasteiger partial charge in [-0.3, -0.25) is 0 Å². The fourth-order valence-corrected chi connectivity index (χ4v) is 3.29. The summed E-state index contributed by atoms with van der Waals surface area (Å²) in [6, 6.07) is 0. The van der Waals surface area contributed by atoms with Crippen LogP contribution >= 0.6 is 0 Å². The zero-order chi connectivity index (χ0) is 12.7. The van der Waals surface area contributed by atoms with Crippen LogP contribution in [0.5, 0.6) is 0 Å². The van der Waals surface area contributed by atoms with Crippen molar-refractivity contribution in [2.75, 3.05) is 26.8 Å². The topological polar surface area (TPSA) is 21.3 Å². The van der Waals surface area contributed by atoms with Gasteiger partial charge in [-0.2, -0.15) is 0 Å². The van der Waals surface area contributed by atoms with Crippen LogP contribution in [0.1, 0.15) is 46.5 Å². The largest absolute Gasteiger partial charge is 0.385 e. The molecule has 0 spiro atoms. The van der Waals surface area contributed by atoms with Crippen LogP contribution < -0.4 is 5.32 Å². The minimum Gasteiger partial charge on any atom is -0.385 e. The second-order valence-corrected chi connectivity index (χ2v) is 5.91. The molecule has 4 unspecified atom stereocenters. The summed E-state index contributed by atoms with van der Waals surface area (Å²) in [5.41, 5.74) is 0. The van der Waals surface area contributed by atoms with Crippen molar-refractivity contribution in [3.05, 3.63) is 0 Å². The zero-order valence-corrected chi connectivity index (χ0v) is 12.2. The van der Waals surface area contributed by atoms with Crippen molar-refractivity contribution in [1.82, 2.24) is 5.32 Å². The summed E-state index contributed by atoms with van der Waals surface area (Å²) < 4.78 is 5.23. The van der Waals surface area contributed by atoms with Crippen molar-refractivity contribution in [2.45, 2.75) is 46.5 Å². The Kier molecular flexibility index (Phi) is 7.14. The molecule has 0 heterocycles. The molecule has 1 rings (SSSR count). The highest BCUT2D eigenvalue weighted by atomic mass is 16.5. The highest BCUT2D eigenvalue weighted by Gasteiger charge is 2.31. The van der Waals surface area contributed by atoms with Crippen molar-refractivity contribution < 1.29 is 4.74 Å². The van der Waals surface area contributed by atoms with Gasteiger partial charge >= 0.3 is 0 Å². The highest BCUT2D eigenvalue weighted by molar-refractivity contribution is 4.83. The van der Waals surface area contributed by atoms with Crippen LogP contribution in [0.2, 0.25) is 0 Å². The number of hydrogen-bond acceptors (Lipinski definition) is 2. The molecule has 0 amide bonds. The molecule has 1 fully saturated rings. The van der Waals surface area contributed by atoms with Gasteiger partial charge in [0.2, 0.25) is 0 Å². The lowest BCUT2D eigenvalue weighted by Crippen LogP contribution is -2.36. The van der Waals surface area contributed by atoms with E-state index in [1.54, 1.807) is 0 Å². The van der Waals surface area contributed by atoms with Gasteiger partial charge in [0.15, 0.2) is 0 Å². The SMILES string of the molecule is CCNCC1CCC(C)CC1C(C)CCOC. The molecule has 0 aliphatic heterocycles. The third kappa shape index (κ3) is 4.97. The van der Waals surface area contributed by atoms with Crippen molar-refractivity contribution in [1.29, 1.82) is 0 Å². The Morgan fingerprint density at radius 3 is 2.76 bits per heavy atom. The maximum absolute atomic E-state index is 5.23. The molecule has 1 saturated carbocycles. The van der Waals surface area contributed by atoms with E-state index in [9.17, 15) is 0 Å². The Labute approximate surface area is 108 Å². The van der Waals surface area contributed by atoms with E-state index in [1.807, 2.05) is 7.11 Å². The van der Waals surface area contributed by atoms with Crippen LogP contribution in [0, 0.1) is 23.7 Å². The van der Waals surface area contributed by atoms with Crippen molar-refractivity contribution in [3.63, 3.8) is 0 Å². The van der Waals surface area contributed by atoms with E-state index in [4.69, 9.17) is 4.74 Å². The summed E-state index contributed by atoms with van der Waals surface area (Å²) in [5, 5.41) is 3.54. The van der Waals surface area contributed by atoms with Gasteiger partial charge in [-0.05, 0) is 56.0 Å². The lowest BCUT2D eigenvalue weighted by molar-refractivity contribution is 0.102. The van der Waals surface area contributed by atoms with Crippen LogP contribution in [0.4, 0.5) is 0 Å². The first kappa shape index (κ1) is 15.0. The molecule has 2 nitrogen and oxygen atoms in total. The smallest absolute Gasteiger partial charge is 0.0464 e. The third-order valence-electron chi connectivity index (χ3n) is 4.48. The summed E-state index contributed by atoms with van der Waals surface area (Å²) in [4.78, 5) is 0. The first-order chi connectivity index (χ1) is 8.19. The number of methoxy groups -OCH3 is 1. The fraction of sp³-hybridized carbons (Fsp3) is 1.00. The van der Waals surface area contributed by atoms with E-state index in [0.29, 0.717) is 0 Å². The molecule has 17 heavy (non-hydrogen) atoms. The van der Waals surface area contributed by atoms with E-state index >= 15 is 0 Å². The zero-order valence-electron chi connectivity index (χ0n) is 12.2. The van der Waals surface area contributed by atoms with Gasteiger partial charge < -0.3 is 10.1 Å². The highest BCUT2D eigenvalue weighted by Crippen LogP contribution is 2.38. The molecule has 0 aromatic rings. The van der Waals surface area contributed by atoms with Crippen LogP contribution in [0.3, 0.4) is 0 Å². The molecule has 0 radical (unpaired) electrons. The molecule has 1 aliphatic rings. The first-order valence-corrected chi connectivity index (χ1v) is 7.38. The average Bonchev–Trinajstić information content (AvgIpc) is 2.34. The van der Waals surface area contributed by atoms with Gasteiger partial charge in [-0.25, -0.2) is 0 Å². The Bertz CT molecular complexity index is 193. The van der Waals surface area contributed by atoms with Crippen molar-refractivity contribution >= 4 is 0 Å². The van der Waals surface area contributed by atoms with E-state index in [-0.39, 0.29) is 0 Å². The molecule has 0 saturated heterocycles. The van der Waals surface area contributed by atoms with E-state index in [0.717, 1.165) is 36.8 Å². The number of rotatable bonds is 7. The predicted molar refractivity (Wildman–Crippen MR) is 74.2 cm³/mol.